The van der Waals surface area contributed by atoms with Crippen LogP contribution in [0.2, 0.25) is 5.02 Å². The van der Waals surface area contributed by atoms with Gasteiger partial charge in [-0.05, 0) is 31.2 Å². The molecule has 0 fully saturated rings. The lowest BCUT2D eigenvalue weighted by molar-refractivity contribution is 0.517. The fourth-order valence-corrected chi connectivity index (χ4v) is 2.23. The van der Waals surface area contributed by atoms with E-state index in [2.05, 4.69) is 22.3 Å². The fourth-order valence-electron chi connectivity index (χ4n) is 2.11. The van der Waals surface area contributed by atoms with Crippen LogP contribution in [-0.4, -0.2) is 21.8 Å². The van der Waals surface area contributed by atoms with Crippen LogP contribution in [0.3, 0.4) is 0 Å². The van der Waals surface area contributed by atoms with Crippen LogP contribution >= 0.6 is 11.6 Å². The van der Waals surface area contributed by atoms with E-state index < -0.39 is 0 Å². The largest absolute Gasteiger partial charge is 0.313 e. The van der Waals surface area contributed by atoms with Crippen LogP contribution in [0.1, 0.15) is 30.8 Å². The van der Waals surface area contributed by atoms with E-state index in [1.807, 2.05) is 36.0 Å². The van der Waals surface area contributed by atoms with E-state index in [9.17, 15) is 0 Å². The average Bonchev–Trinajstić information content (AvgIpc) is 2.85. The maximum Gasteiger partial charge on any atom is 0.138 e. The molecule has 4 nitrogen and oxygen atoms in total. The maximum absolute atomic E-state index is 5.92. The van der Waals surface area contributed by atoms with Crippen LogP contribution < -0.4 is 5.32 Å². The lowest BCUT2D eigenvalue weighted by atomic mass is 10.0. The van der Waals surface area contributed by atoms with Crippen molar-refractivity contribution in [2.45, 2.75) is 32.4 Å². The quantitative estimate of drug-likeness (QED) is 0.884. The summed E-state index contributed by atoms with van der Waals surface area (Å²) >= 11 is 5.92. The number of hydrogen-bond donors (Lipinski definition) is 1. The van der Waals surface area contributed by atoms with Crippen LogP contribution in [0.15, 0.2) is 30.6 Å². The lowest BCUT2D eigenvalue weighted by Crippen LogP contribution is -2.21. The number of benzene rings is 1. The van der Waals surface area contributed by atoms with E-state index in [4.69, 9.17) is 11.6 Å². The summed E-state index contributed by atoms with van der Waals surface area (Å²) in [5.74, 6) is 1.01. The number of aryl methyl sites for hydroxylation is 1. The monoisotopic (exact) mass is 278 g/mol. The lowest BCUT2D eigenvalue weighted by Gasteiger charge is -2.16. The van der Waals surface area contributed by atoms with Gasteiger partial charge in [0, 0.05) is 24.0 Å². The Labute approximate surface area is 118 Å². The van der Waals surface area contributed by atoms with Crippen molar-refractivity contribution in [2.24, 2.45) is 0 Å². The summed E-state index contributed by atoms with van der Waals surface area (Å²) < 4.78 is 1.97. The molecule has 0 bridgehead atoms. The van der Waals surface area contributed by atoms with Crippen molar-refractivity contribution in [1.29, 1.82) is 0 Å². The minimum absolute atomic E-state index is 0.220. The molecule has 1 N–H and O–H groups in total. The van der Waals surface area contributed by atoms with E-state index >= 15 is 0 Å². The van der Waals surface area contributed by atoms with Crippen molar-refractivity contribution in [3.63, 3.8) is 0 Å². The van der Waals surface area contributed by atoms with Gasteiger partial charge in [-0.15, -0.1) is 0 Å². The third-order valence-electron chi connectivity index (χ3n) is 3.14. The van der Waals surface area contributed by atoms with Crippen LogP contribution in [0.4, 0.5) is 0 Å². The first-order valence-electron chi connectivity index (χ1n) is 6.54. The zero-order valence-corrected chi connectivity index (χ0v) is 12.1. The Morgan fingerprint density at radius 1 is 1.32 bits per heavy atom. The van der Waals surface area contributed by atoms with Crippen molar-refractivity contribution in [2.75, 3.05) is 7.05 Å². The normalized spacial score (nSPS) is 12.6. The standard InChI is InChI=1S/C14H19ClN4/c1-3-8-19-14(17-10-18-19)9-13(16-2)11-4-6-12(15)7-5-11/h4-7,10,13,16H,3,8-9H2,1-2H3. The van der Waals surface area contributed by atoms with Crippen molar-refractivity contribution < 1.29 is 0 Å². The zero-order chi connectivity index (χ0) is 13.7. The molecule has 0 saturated carbocycles. The Kier molecular flexibility index (Phi) is 4.93. The summed E-state index contributed by atoms with van der Waals surface area (Å²) in [6.07, 6.45) is 3.50. The minimum atomic E-state index is 0.220. The minimum Gasteiger partial charge on any atom is -0.313 e. The molecule has 5 heteroatoms. The second-order valence-corrected chi connectivity index (χ2v) is 4.93. The molecule has 0 aliphatic rings. The Morgan fingerprint density at radius 2 is 2.05 bits per heavy atom. The van der Waals surface area contributed by atoms with Crippen molar-refractivity contribution in [3.8, 4) is 0 Å². The summed E-state index contributed by atoms with van der Waals surface area (Å²) in [6, 6.07) is 8.14. The SMILES string of the molecule is CCCn1ncnc1CC(NC)c1ccc(Cl)cc1. The van der Waals surface area contributed by atoms with E-state index in [0.717, 1.165) is 30.2 Å². The first-order valence-corrected chi connectivity index (χ1v) is 6.91. The van der Waals surface area contributed by atoms with Gasteiger partial charge in [-0.1, -0.05) is 30.7 Å². The summed E-state index contributed by atoms with van der Waals surface area (Å²) in [5, 5.41) is 8.34. The van der Waals surface area contributed by atoms with Gasteiger partial charge in [0.1, 0.15) is 12.2 Å². The molecule has 1 heterocycles. The van der Waals surface area contributed by atoms with E-state index in [1.165, 1.54) is 5.56 Å². The van der Waals surface area contributed by atoms with Crippen LogP contribution in [0.5, 0.6) is 0 Å². The second-order valence-electron chi connectivity index (χ2n) is 4.50. The Bertz CT molecular complexity index is 506. The average molecular weight is 279 g/mol. The van der Waals surface area contributed by atoms with E-state index in [1.54, 1.807) is 6.33 Å². The summed E-state index contributed by atoms with van der Waals surface area (Å²) in [7, 11) is 1.96. The molecule has 1 atom stereocenters. The third kappa shape index (κ3) is 3.55. The first kappa shape index (κ1) is 14.0. The molecular weight excluding hydrogens is 260 g/mol. The van der Waals surface area contributed by atoms with Gasteiger partial charge in [0.25, 0.3) is 0 Å². The van der Waals surface area contributed by atoms with E-state index in [-0.39, 0.29) is 6.04 Å². The summed E-state index contributed by atoms with van der Waals surface area (Å²) in [4.78, 5) is 4.35. The molecule has 0 aliphatic heterocycles. The number of rotatable bonds is 6. The third-order valence-corrected chi connectivity index (χ3v) is 3.39. The van der Waals surface area contributed by atoms with Gasteiger partial charge in [0.05, 0.1) is 0 Å². The fraction of sp³-hybridized carbons (Fsp3) is 0.429. The molecule has 0 saturated heterocycles. The number of likely N-dealkylation sites (N-methyl/N-ethyl adjacent to an activating group) is 1. The predicted octanol–water partition coefficient (Wildman–Crippen LogP) is 2.84. The molecule has 1 aromatic carbocycles. The smallest absolute Gasteiger partial charge is 0.138 e. The molecule has 0 aliphatic carbocycles. The van der Waals surface area contributed by atoms with Crippen LogP contribution in [0, 0.1) is 0 Å². The van der Waals surface area contributed by atoms with Gasteiger partial charge >= 0.3 is 0 Å². The number of nitrogens with zero attached hydrogens (tertiary/aromatic N) is 3. The van der Waals surface area contributed by atoms with Gasteiger partial charge in [-0.25, -0.2) is 4.98 Å². The highest BCUT2D eigenvalue weighted by Crippen LogP contribution is 2.19. The molecule has 0 spiro atoms. The Morgan fingerprint density at radius 3 is 2.68 bits per heavy atom. The summed E-state index contributed by atoms with van der Waals surface area (Å²) in [5.41, 5.74) is 1.21. The van der Waals surface area contributed by atoms with E-state index in [0.29, 0.717) is 0 Å². The van der Waals surface area contributed by atoms with Crippen molar-refractivity contribution >= 4 is 11.6 Å². The maximum atomic E-state index is 5.92. The second kappa shape index (κ2) is 6.68. The van der Waals surface area contributed by atoms with Gasteiger partial charge in [0.2, 0.25) is 0 Å². The highest BCUT2D eigenvalue weighted by Gasteiger charge is 2.14. The summed E-state index contributed by atoms with van der Waals surface area (Å²) in [6.45, 7) is 3.05. The Hall–Kier alpha value is -1.39. The molecule has 1 unspecified atom stereocenters. The molecule has 19 heavy (non-hydrogen) atoms. The van der Waals surface area contributed by atoms with Gasteiger partial charge < -0.3 is 5.32 Å². The van der Waals surface area contributed by atoms with Crippen molar-refractivity contribution in [1.82, 2.24) is 20.1 Å². The van der Waals surface area contributed by atoms with Crippen LogP contribution in [-0.2, 0) is 13.0 Å². The topological polar surface area (TPSA) is 42.7 Å². The van der Waals surface area contributed by atoms with Gasteiger partial charge in [0.15, 0.2) is 0 Å². The molecule has 102 valence electrons. The van der Waals surface area contributed by atoms with Gasteiger partial charge in [-0.3, -0.25) is 4.68 Å². The highest BCUT2D eigenvalue weighted by molar-refractivity contribution is 6.30. The van der Waals surface area contributed by atoms with Crippen LogP contribution in [0.25, 0.3) is 0 Å². The molecule has 0 radical (unpaired) electrons. The predicted molar refractivity (Wildman–Crippen MR) is 77.3 cm³/mol. The zero-order valence-electron chi connectivity index (χ0n) is 11.3. The number of nitrogens with one attached hydrogen (secondary N) is 1. The number of aromatic nitrogens is 3. The van der Waals surface area contributed by atoms with Gasteiger partial charge in [-0.2, -0.15) is 5.10 Å². The number of hydrogen-bond acceptors (Lipinski definition) is 3. The van der Waals surface area contributed by atoms with Crippen molar-refractivity contribution in [3.05, 3.63) is 47.0 Å². The molecule has 2 rings (SSSR count). The molecule has 0 amide bonds. The molecule has 1 aromatic heterocycles. The molecule has 2 aromatic rings. The highest BCUT2D eigenvalue weighted by atomic mass is 35.5. The number of halogens is 1. The first-order chi connectivity index (χ1) is 9.24. The Balaban J connectivity index is 2.14. The molecular formula is C14H19ClN4.